The van der Waals surface area contributed by atoms with Crippen molar-refractivity contribution in [1.29, 1.82) is 0 Å². The molecule has 19 heavy (non-hydrogen) atoms. The van der Waals surface area contributed by atoms with Gasteiger partial charge in [-0.3, -0.25) is 0 Å². The van der Waals surface area contributed by atoms with Crippen molar-refractivity contribution in [2.45, 2.75) is 25.9 Å². The zero-order valence-electron chi connectivity index (χ0n) is 11.4. The van der Waals surface area contributed by atoms with Crippen LogP contribution in [0.15, 0.2) is 12.2 Å². The van der Waals surface area contributed by atoms with E-state index in [4.69, 9.17) is 19.3 Å². The lowest BCUT2D eigenvalue weighted by Crippen LogP contribution is -2.24. The summed E-state index contributed by atoms with van der Waals surface area (Å²) in [5.74, 6) is -0.464. The molecule has 0 rings (SSSR count). The van der Waals surface area contributed by atoms with E-state index in [1.54, 1.807) is 6.08 Å². The third-order valence-corrected chi connectivity index (χ3v) is 2.03. The minimum absolute atomic E-state index is 0.0129. The van der Waals surface area contributed by atoms with Crippen molar-refractivity contribution < 1.29 is 29.2 Å². The van der Waals surface area contributed by atoms with E-state index in [-0.39, 0.29) is 33.0 Å². The molecule has 6 nitrogen and oxygen atoms in total. The van der Waals surface area contributed by atoms with Crippen LogP contribution >= 0.6 is 0 Å². The second kappa shape index (κ2) is 13.5. The molecular formula is C13H24O6. The first-order valence-corrected chi connectivity index (χ1v) is 6.45. The van der Waals surface area contributed by atoms with E-state index < -0.39 is 12.1 Å². The molecule has 0 bridgehead atoms. The molecule has 0 saturated heterocycles. The van der Waals surface area contributed by atoms with Gasteiger partial charge in [0.25, 0.3) is 0 Å². The van der Waals surface area contributed by atoms with E-state index in [2.05, 4.69) is 0 Å². The number of aliphatic hydroxyl groups is 2. The summed E-state index contributed by atoms with van der Waals surface area (Å²) in [6.45, 7) is 2.62. The molecule has 0 radical (unpaired) electrons. The van der Waals surface area contributed by atoms with Crippen molar-refractivity contribution in [3.8, 4) is 0 Å². The van der Waals surface area contributed by atoms with Crippen LogP contribution in [0.4, 0.5) is 0 Å². The Bertz CT molecular complexity index is 241. The Balaban J connectivity index is 3.40. The summed E-state index contributed by atoms with van der Waals surface area (Å²) in [6, 6.07) is 0. The lowest BCUT2D eigenvalue weighted by molar-refractivity contribution is -0.149. The first kappa shape index (κ1) is 18.0. The number of ether oxygens (including phenoxy) is 3. The van der Waals surface area contributed by atoms with Gasteiger partial charge in [-0.25, -0.2) is 4.79 Å². The molecule has 0 aliphatic heterocycles. The fraction of sp³-hybridized carbons (Fsp3) is 0.769. The Morgan fingerprint density at radius 2 is 2.00 bits per heavy atom. The van der Waals surface area contributed by atoms with Gasteiger partial charge in [0.15, 0.2) is 0 Å². The molecular weight excluding hydrogens is 252 g/mol. The predicted octanol–water partition coefficient (Wildman–Crippen LogP) is 0.272. The molecule has 0 heterocycles. The van der Waals surface area contributed by atoms with Crippen molar-refractivity contribution in [2.75, 3.05) is 39.6 Å². The lowest BCUT2D eigenvalue weighted by atomic mass is 10.4. The average molecular weight is 276 g/mol. The molecule has 112 valence electrons. The molecule has 0 amide bonds. The summed E-state index contributed by atoms with van der Waals surface area (Å²) in [4.78, 5) is 11.2. The number of aliphatic hydroxyl groups excluding tert-OH is 2. The van der Waals surface area contributed by atoms with E-state index in [0.717, 1.165) is 6.42 Å². The van der Waals surface area contributed by atoms with Crippen molar-refractivity contribution in [1.82, 2.24) is 0 Å². The monoisotopic (exact) mass is 276 g/mol. The van der Waals surface area contributed by atoms with Crippen LogP contribution in [0.25, 0.3) is 0 Å². The van der Waals surface area contributed by atoms with Gasteiger partial charge in [0, 0.05) is 13.2 Å². The number of carbonyl (C=O) groups excluding carboxylic acids is 1. The van der Waals surface area contributed by atoms with Crippen LogP contribution in [0.3, 0.4) is 0 Å². The second-order valence-corrected chi connectivity index (χ2v) is 3.88. The fourth-order valence-corrected chi connectivity index (χ4v) is 1.13. The van der Waals surface area contributed by atoms with Crippen LogP contribution in [-0.4, -0.2) is 61.9 Å². The first-order valence-electron chi connectivity index (χ1n) is 6.45. The summed E-state index contributed by atoms with van der Waals surface area (Å²) in [5.41, 5.74) is 0. The average Bonchev–Trinajstić information content (AvgIpc) is 2.40. The van der Waals surface area contributed by atoms with Crippen LogP contribution in [0.1, 0.15) is 19.8 Å². The van der Waals surface area contributed by atoms with Crippen LogP contribution in [0.5, 0.6) is 0 Å². The van der Waals surface area contributed by atoms with Gasteiger partial charge in [0.2, 0.25) is 0 Å². The van der Waals surface area contributed by atoms with Gasteiger partial charge in [-0.2, -0.15) is 0 Å². The molecule has 0 aromatic heterocycles. The molecule has 0 aromatic carbocycles. The van der Waals surface area contributed by atoms with Crippen LogP contribution in [0, 0.1) is 0 Å². The van der Waals surface area contributed by atoms with E-state index in [0.29, 0.717) is 13.0 Å². The minimum Gasteiger partial charge on any atom is -0.460 e. The Labute approximate surface area is 114 Å². The largest absolute Gasteiger partial charge is 0.460 e. The molecule has 0 aliphatic carbocycles. The standard InChI is InChI=1S/C13H24O6/c1-2-3-4-8-19-13(16)11-18-10-12(15)9-17-7-5-6-14/h3-4,12,14-15H,2,5-11H2,1H3/b4-3-. The normalized spacial score (nSPS) is 12.8. The summed E-state index contributed by atoms with van der Waals surface area (Å²) < 4.78 is 14.9. The fourth-order valence-electron chi connectivity index (χ4n) is 1.13. The van der Waals surface area contributed by atoms with Crippen LogP contribution in [-0.2, 0) is 19.0 Å². The van der Waals surface area contributed by atoms with Crippen molar-refractivity contribution in [2.24, 2.45) is 0 Å². The third-order valence-electron chi connectivity index (χ3n) is 2.03. The lowest BCUT2D eigenvalue weighted by Gasteiger charge is -2.11. The first-order chi connectivity index (χ1) is 9.20. The Morgan fingerprint density at radius 3 is 2.68 bits per heavy atom. The van der Waals surface area contributed by atoms with E-state index in [1.165, 1.54) is 0 Å². The Hall–Kier alpha value is -0.950. The highest BCUT2D eigenvalue weighted by Crippen LogP contribution is 1.91. The number of hydrogen-bond acceptors (Lipinski definition) is 6. The zero-order chi connectivity index (χ0) is 14.3. The second-order valence-electron chi connectivity index (χ2n) is 3.88. The summed E-state index contributed by atoms with van der Waals surface area (Å²) >= 11 is 0. The SMILES string of the molecule is CC/C=C\COC(=O)COCC(O)COCCCO. The molecule has 0 spiro atoms. The molecule has 0 fully saturated rings. The van der Waals surface area contributed by atoms with Gasteiger partial charge in [0.1, 0.15) is 19.3 Å². The summed E-state index contributed by atoms with van der Waals surface area (Å²) in [7, 11) is 0. The van der Waals surface area contributed by atoms with Gasteiger partial charge in [0.05, 0.1) is 13.2 Å². The molecule has 0 aliphatic rings. The molecule has 1 unspecified atom stereocenters. The molecule has 2 N–H and O–H groups in total. The zero-order valence-corrected chi connectivity index (χ0v) is 11.4. The van der Waals surface area contributed by atoms with Crippen molar-refractivity contribution >= 4 is 5.97 Å². The molecule has 0 aromatic rings. The topological polar surface area (TPSA) is 85.2 Å². The number of hydrogen-bond donors (Lipinski definition) is 2. The Morgan fingerprint density at radius 1 is 1.26 bits per heavy atom. The van der Waals surface area contributed by atoms with Gasteiger partial charge in [-0.1, -0.05) is 19.1 Å². The van der Waals surface area contributed by atoms with Gasteiger partial charge < -0.3 is 24.4 Å². The van der Waals surface area contributed by atoms with Crippen molar-refractivity contribution in [3.63, 3.8) is 0 Å². The predicted molar refractivity (Wildman–Crippen MR) is 69.7 cm³/mol. The Kier molecular flexibility index (Phi) is 12.8. The number of carbonyl (C=O) groups is 1. The summed E-state index contributed by atoms with van der Waals surface area (Å²) in [5, 5.41) is 17.9. The van der Waals surface area contributed by atoms with Crippen LogP contribution < -0.4 is 0 Å². The van der Waals surface area contributed by atoms with E-state index in [9.17, 15) is 9.90 Å². The molecule has 6 heteroatoms. The molecule has 1 atom stereocenters. The van der Waals surface area contributed by atoms with E-state index in [1.807, 2.05) is 13.0 Å². The van der Waals surface area contributed by atoms with Gasteiger partial charge in [-0.05, 0) is 12.8 Å². The number of esters is 1. The minimum atomic E-state index is -0.786. The van der Waals surface area contributed by atoms with Gasteiger partial charge in [-0.15, -0.1) is 0 Å². The van der Waals surface area contributed by atoms with E-state index >= 15 is 0 Å². The highest BCUT2D eigenvalue weighted by atomic mass is 16.6. The van der Waals surface area contributed by atoms with Crippen LogP contribution in [0.2, 0.25) is 0 Å². The maximum absolute atomic E-state index is 11.2. The quantitative estimate of drug-likeness (QED) is 0.302. The number of allylic oxidation sites excluding steroid dienone is 1. The molecule has 0 saturated carbocycles. The smallest absolute Gasteiger partial charge is 0.332 e. The summed E-state index contributed by atoms with van der Waals surface area (Å²) in [6.07, 6.45) is 4.32. The highest BCUT2D eigenvalue weighted by molar-refractivity contribution is 5.70. The third kappa shape index (κ3) is 13.3. The number of rotatable bonds is 12. The maximum atomic E-state index is 11.2. The maximum Gasteiger partial charge on any atom is 0.332 e. The highest BCUT2D eigenvalue weighted by Gasteiger charge is 2.07. The van der Waals surface area contributed by atoms with Gasteiger partial charge >= 0.3 is 5.97 Å². The van der Waals surface area contributed by atoms with Crippen molar-refractivity contribution in [3.05, 3.63) is 12.2 Å².